The van der Waals surface area contributed by atoms with E-state index in [2.05, 4.69) is 5.32 Å². The number of amides is 1. The molecule has 1 amide bonds. The van der Waals surface area contributed by atoms with Crippen molar-refractivity contribution in [2.45, 2.75) is 32.7 Å². The fourth-order valence-electron chi connectivity index (χ4n) is 1.74. The van der Waals surface area contributed by atoms with E-state index in [0.717, 1.165) is 12.0 Å². The van der Waals surface area contributed by atoms with Gasteiger partial charge in [0.1, 0.15) is 0 Å². The van der Waals surface area contributed by atoms with E-state index in [9.17, 15) is 4.79 Å². The molecule has 3 nitrogen and oxygen atoms in total. The summed E-state index contributed by atoms with van der Waals surface area (Å²) in [6.07, 6.45) is 1.28. The van der Waals surface area contributed by atoms with E-state index in [4.69, 9.17) is 28.9 Å². The van der Waals surface area contributed by atoms with Crippen LogP contribution < -0.4 is 11.1 Å². The molecule has 0 fully saturated rings. The van der Waals surface area contributed by atoms with Gasteiger partial charge in [-0.05, 0) is 43.5 Å². The second-order valence-electron chi connectivity index (χ2n) is 4.83. The molecule has 1 rings (SSSR count). The zero-order valence-corrected chi connectivity index (χ0v) is 12.8. The highest BCUT2D eigenvalue weighted by Crippen LogP contribution is 2.26. The molecule has 2 unspecified atom stereocenters. The Kier molecular flexibility index (Phi) is 6.63. The molecule has 3 N–H and O–H groups in total. The highest BCUT2D eigenvalue weighted by molar-refractivity contribution is 6.35. The standard InChI is InChI=1S/C14H20Cl2N2O/c1-9(8-17)3-6-14(19)18-10(2)12-5-4-11(15)7-13(12)16/h4-5,7,9-10H,3,6,8,17H2,1-2H3,(H,18,19). The molecule has 19 heavy (non-hydrogen) atoms. The first-order valence-corrected chi connectivity index (χ1v) is 7.14. The molecule has 0 saturated carbocycles. The summed E-state index contributed by atoms with van der Waals surface area (Å²) in [5.41, 5.74) is 6.39. The summed E-state index contributed by atoms with van der Waals surface area (Å²) >= 11 is 11.9. The van der Waals surface area contributed by atoms with E-state index in [1.165, 1.54) is 0 Å². The number of halogens is 2. The number of benzene rings is 1. The van der Waals surface area contributed by atoms with E-state index < -0.39 is 0 Å². The Labute approximate surface area is 124 Å². The molecule has 0 aliphatic rings. The molecule has 0 bridgehead atoms. The van der Waals surface area contributed by atoms with Crippen LogP contribution in [0.4, 0.5) is 0 Å². The lowest BCUT2D eigenvalue weighted by molar-refractivity contribution is -0.122. The maximum atomic E-state index is 11.8. The van der Waals surface area contributed by atoms with Crippen molar-refractivity contribution in [1.82, 2.24) is 5.32 Å². The van der Waals surface area contributed by atoms with Gasteiger partial charge >= 0.3 is 0 Å². The lowest BCUT2D eigenvalue weighted by atomic mass is 10.0. The molecule has 0 aliphatic heterocycles. The molecular formula is C14H20Cl2N2O. The van der Waals surface area contributed by atoms with Crippen LogP contribution in [0.5, 0.6) is 0 Å². The number of hydrogen-bond donors (Lipinski definition) is 2. The molecule has 0 spiro atoms. The molecule has 0 aromatic heterocycles. The number of nitrogens with two attached hydrogens (primary N) is 1. The molecule has 0 heterocycles. The minimum absolute atomic E-state index is 0.0128. The summed E-state index contributed by atoms with van der Waals surface area (Å²) < 4.78 is 0. The molecule has 106 valence electrons. The van der Waals surface area contributed by atoms with Crippen LogP contribution in [0.25, 0.3) is 0 Å². The SMILES string of the molecule is CC(CN)CCC(=O)NC(C)c1ccc(Cl)cc1Cl. The van der Waals surface area contributed by atoms with Crippen LogP contribution in [-0.4, -0.2) is 12.5 Å². The Morgan fingerprint density at radius 1 is 1.37 bits per heavy atom. The van der Waals surface area contributed by atoms with Crippen molar-refractivity contribution in [2.75, 3.05) is 6.54 Å². The lowest BCUT2D eigenvalue weighted by Crippen LogP contribution is -2.27. The maximum absolute atomic E-state index is 11.8. The Hall–Kier alpha value is -0.770. The maximum Gasteiger partial charge on any atom is 0.220 e. The van der Waals surface area contributed by atoms with Gasteiger partial charge in [-0.3, -0.25) is 4.79 Å². The van der Waals surface area contributed by atoms with Gasteiger partial charge < -0.3 is 11.1 Å². The van der Waals surface area contributed by atoms with Crippen molar-refractivity contribution in [3.63, 3.8) is 0 Å². The molecule has 2 atom stereocenters. The molecule has 0 aliphatic carbocycles. The quantitative estimate of drug-likeness (QED) is 0.844. The topological polar surface area (TPSA) is 55.1 Å². The Morgan fingerprint density at radius 3 is 2.63 bits per heavy atom. The van der Waals surface area contributed by atoms with Gasteiger partial charge in [-0.1, -0.05) is 36.2 Å². The van der Waals surface area contributed by atoms with Crippen LogP contribution in [0.2, 0.25) is 10.0 Å². The Balaban J connectivity index is 2.54. The van der Waals surface area contributed by atoms with Gasteiger partial charge in [0.2, 0.25) is 5.91 Å². The Morgan fingerprint density at radius 2 is 2.05 bits per heavy atom. The van der Waals surface area contributed by atoms with Crippen molar-refractivity contribution in [1.29, 1.82) is 0 Å². The normalized spacial score (nSPS) is 13.9. The predicted molar refractivity (Wildman–Crippen MR) is 80.5 cm³/mol. The van der Waals surface area contributed by atoms with Gasteiger partial charge in [0.15, 0.2) is 0 Å². The molecule has 5 heteroatoms. The number of rotatable bonds is 6. The summed E-state index contributed by atoms with van der Waals surface area (Å²) in [7, 11) is 0. The van der Waals surface area contributed by atoms with Gasteiger partial charge in [0.05, 0.1) is 6.04 Å². The number of nitrogens with one attached hydrogen (secondary N) is 1. The van der Waals surface area contributed by atoms with E-state index in [1.54, 1.807) is 12.1 Å². The van der Waals surface area contributed by atoms with Crippen LogP contribution in [0.1, 0.15) is 38.3 Å². The smallest absolute Gasteiger partial charge is 0.220 e. The molecule has 0 radical (unpaired) electrons. The summed E-state index contributed by atoms with van der Waals surface area (Å²) in [6, 6.07) is 5.14. The van der Waals surface area contributed by atoms with Crippen molar-refractivity contribution >= 4 is 29.1 Å². The third-order valence-corrected chi connectivity index (χ3v) is 3.64. The van der Waals surface area contributed by atoms with Crippen molar-refractivity contribution in [3.05, 3.63) is 33.8 Å². The van der Waals surface area contributed by atoms with Gasteiger partial charge in [-0.25, -0.2) is 0 Å². The second-order valence-corrected chi connectivity index (χ2v) is 5.68. The van der Waals surface area contributed by atoms with Gasteiger partial charge in [0.25, 0.3) is 0 Å². The minimum Gasteiger partial charge on any atom is -0.350 e. The lowest BCUT2D eigenvalue weighted by Gasteiger charge is -2.16. The van der Waals surface area contributed by atoms with Crippen molar-refractivity contribution in [3.8, 4) is 0 Å². The van der Waals surface area contributed by atoms with Gasteiger partial charge in [-0.2, -0.15) is 0 Å². The predicted octanol–water partition coefficient (Wildman–Crippen LogP) is 3.55. The number of carbonyl (C=O) groups excluding carboxylic acids is 1. The van der Waals surface area contributed by atoms with Crippen molar-refractivity contribution in [2.24, 2.45) is 11.7 Å². The number of hydrogen-bond acceptors (Lipinski definition) is 2. The Bertz CT molecular complexity index is 437. The molecule has 0 saturated heterocycles. The summed E-state index contributed by atoms with van der Waals surface area (Å²) in [5, 5.41) is 4.08. The summed E-state index contributed by atoms with van der Waals surface area (Å²) in [5.74, 6) is 0.374. The van der Waals surface area contributed by atoms with E-state index in [1.807, 2.05) is 19.9 Å². The van der Waals surface area contributed by atoms with Crippen LogP contribution in [0, 0.1) is 5.92 Å². The second kappa shape index (κ2) is 7.73. The van der Waals surface area contributed by atoms with E-state index >= 15 is 0 Å². The minimum atomic E-state index is -0.134. The van der Waals surface area contributed by atoms with Crippen LogP contribution in [0.3, 0.4) is 0 Å². The number of carbonyl (C=O) groups is 1. The first-order chi connectivity index (χ1) is 8.93. The van der Waals surface area contributed by atoms with Crippen molar-refractivity contribution < 1.29 is 4.79 Å². The molecule has 1 aromatic carbocycles. The first kappa shape index (κ1) is 16.3. The third-order valence-electron chi connectivity index (χ3n) is 3.07. The van der Waals surface area contributed by atoms with Crippen LogP contribution >= 0.6 is 23.2 Å². The van der Waals surface area contributed by atoms with Gasteiger partial charge in [-0.15, -0.1) is 0 Å². The average molecular weight is 303 g/mol. The fraction of sp³-hybridized carbons (Fsp3) is 0.500. The molecular weight excluding hydrogens is 283 g/mol. The summed E-state index contributed by atoms with van der Waals surface area (Å²) in [6.45, 7) is 4.54. The zero-order chi connectivity index (χ0) is 14.4. The highest BCUT2D eigenvalue weighted by atomic mass is 35.5. The first-order valence-electron chi connectivity index (χ1n) is 6.38. The highest BCUT2D eigenvalue weighted by Gasteiger charge is 2.13. The molecule has 1 aromatic rings. The average Bonchev–Trinajstić information content (AvgIpc) is 2.35. The fourth-order valence-corrected chi connectivity index (χ4v) is 2.31. The largest absolute Gasteiger partial charge is 0.350 e. The van der Waals surface area contributed by atoms with E-state index in [0.29, 0.717) is 28.9 Å². The monoisotopic (exact) mass is 302 g/mol. The van der Waals surface area contributed by atoms with Gasteiger partial charge in [0, 0.05) is 16.5 Å². The zero-order valence-electron chi connectivity index (χ0n) is 11.2. The third kappa shape index (κ3) is 5.39. The van der Waals surface area contributed by atoms with Crippen LogP contribution in [-0.2, 0) is 4.79 Å². The van der Waals surface area contributed by atoms with Crippen LogP contribution in [0.15, 0.2) is 18.2 Å². The van der Waals surface area contributed by atoms with E-state index in [-0.39, 0.29) is 11.9 Å². The summed E-state index contributed by atoms with van der Waals surface area (Å²) in [4.78, 5) is 11.8.